The molecule has 0 spiro atoms. The molecule has 0 aliphatic carbocycles. The Labute approximate surface area is 169 Å². The Morgan fingerprint density at radius 2 is 2.04 bits per heavy atom. The molecule has 26 heavy (non-hydrogen) atoms. The summed E-state index contributed by atoms with van der Waals surface area (Å²) in [5.74, 6) is 1.72. The van der Waals surface area contributed by atoms with E-state index in [2.05, 4.69) is 47.1 Å². The fourth-order valence-electron chi connectivity index (χ4n) is 2.96. The summed E-state index contributed by atoms with van der Waals surface area (Å²) in [6.07, 6.45) is 0.869. The first-order valence-electron chi connectivity index (χ1n) is 8.35. The molecule has 0 fully saturated rings. The van der Waals surface area contributed by atoms with Crippen molar-refractivity contribution < 1.29 is 0 Å². The molecule has 0 amide bonds. The van der Waals surface area contributed by atoms with Crippen LogP contribution in [0.3, 0.4) is 0 Å². The lowest BCUT2D eigenvalue weighted by molar-refractivity contribution is 0.739. The molecule has 3 aromatic rings. The average molecular weight is 445 g/mol. The van der Waals surface area contributed by atoms with Crippen LogP contribution in [0.4, 0.5) is 0 Å². The number of halogens is 1. The quantitative estimate of drug-likeness (QED) is 0.406. The molecule has 6 heteroatoms. The molecular formula is C20H17BrN2OS2. The number of hydrogen-bond acceptors (Lipinski definition) is 4. The number of thioether (sulfide) groups is 2. The summed E-state index contributed by atoms with van der Waals surface area (Å²) in [7, 11) is 0. The summed E-state index contributed by atoms with van der Waals surface area (Å²) >= 11 is 6.70. The molecule has 1 aromatic heterocycles. The molecule has 0 saturated heterocycles. The minimum atomic E-state index is 0.0477. The highest BCUT2D eigenvalue weighted by Crippen LogP contribution is 2.31. The van der Waals surface area contributed by atoms with E-state index in [1.165, 1.54) is 11.1 Å². The first-order chi connectivity index (χ1) is 12.6. The van der Waals surface area contributed by atoms with Crippen molar-refractivity contribution in [2.75, 3.05) is 5.75 Å². The third kappa shape index (κ3) is 3.63. The summed E-state index contributed by atoms with van der Waals surface area (Å²) < 4.78 is 2.75. The second-order valence-electron chi connectivity index (χ2n) is 6.16. The van der Waals surface area contributed by atoms with Gasteiger partial charge in [-0.3, -0.25) is 9.36 Å². The Morgan fingerprint density at radius 1 is 1.23 bits per heavy atom. The fourth-order valence-corrected chi connectivity index (χ4v) is 5.22. The maximum absolute atomic E-state index is 13.1. The van der Waals surface area contributed by atoms with E-state index >= 15 is 0 Å². The monoisotopic (exact) mass is 444 g/mol. The molecule has 1 aliphatic heterocycles. The molecule has 1 aliphatic rings. The van der Waals surface area contributed by atoms with Crippen molar-refractivity contribution in [2.24, 2.45) is 0 Å². The third-order valence-electron chi connectivity index (χ3n) is 4.20. The largest absolute Gasteiger partial charge is 0.272 e. The van der Waals surface area contributed by atoms with Gasteiger partial charge in [-0.2, -0.15) is 0 Å². The van der Waals surface area contributed by atoms with Crippen molar-refractivity contribution in [1.82, 2.24) is 9.55 Å². The van der Waals surface area contributed by atoms with E-state index in [4.69, 9.17) is 4.98 Å². The summed E-state index contributed by atoms with van der Waals surface area (Å²) in [5.41, 5.74) is 4.33. The van der Waals surface area contributed by atoms with Crippen molar-refractivity contribution in [3.8, 4) is 5.69 Å². The van der Waals surface area contributed by atoms with Gasteiger partial charge in [-0.15, -0.1) is 11.8 Å². The average Bonchev–Trinajstić information content (AvgIpc) is 3.10. The van der Waals surface area contributed by atoms with Crippen LogP contribution >= 0.6 is 39.5 Å². The maximum atomic E-state index is 13.1. The molecule has 0 N–H and O–H groups in total. The predicted octanol–water partition coefficient (Wildman–Crippen LogP) is 5.24. The number of rotatable bonds is 4. The first kappa shape index (κ1) is 17.9. The van der Waals surface area contributed by atoms with Crippen LogP contribution in [-0.4, -0.2) is 15.3 Å². The fraction of sp³-hybridized carbons (Fsp3) is 0.200. The van der Waals surface area contributed by atoms with Gasteiger partial charge in [0.1, 0.15) is 0 Å². The van der Waals surface area contributed by atoms with Crippen LogP contribution in [0.25, 0.3) is 5.69 Å². The van der Waals surface area contributed by atoms with Crippen LogP contribution in [0.15, 0.2) is 67.9 Å². The van der Waals surface area contributed by atoms with Crippen LogP contribution in [-0.2, 0) is 12.2 Å². The Bertz CT molecular complexity index is 1020. The Kier molecular flexibility index (Phi) is 5.25. The van der Waals surface area contributed by atoms with E-state index in [-0.39, 0.29) is 5.56 Å². The molecule has 0 bridgehead atoms. The van der Waals surface area contributed by atoms with E-state index < -0.39 is 0 Å². The standard InChI is InChI=1S/C20H17BrN2OS2/c1-13-3-2-4-14(11-13)12-26-20-22-17-9-10-25-18(17)19(24)23(20)16-7-5-15(21)6-8-16/h2-8,11H,9-10,12H2,1H3. The van der Waals surface area contributed by atoms with Crippen molar-refractivity contribution in [2.45, 2.75) is 29.1 Å². The lowest BCUT2D eigenvalue weighted by atomic mass is 10.2. The van der Waals surface area contributed by atoms with Gasteiger partial charge in [-0.05, 0) is 36.8 Å². The van der Waals surface area contributed by atoms with Gasteiger partial charge in [0, 0.05) is 22.4 Å². The van der Waals surface area contributed by atoms with Crippen molar-refractivity contribution in [3.63, 3.8) is 0 Å². The maximum Gasteiger partial charge on any atom is 0.272 e. The summed E-state index contributed by atoms with van der Waals surface area (Å²) in [4.78, 5) is 18.8. The molecule has 0 radical (unpaired) electrons. The highest BCUT2D eigenvalue weighted by atomic mass is 79.9. The van der Waals surface area contributed by atoms with Gasteiger partial charge in [-0.25, -0.2) is 4.98 Å². The molecule has 4 rings (SSSR count). The first-order valence-corrected chi connectivity index (χ1v) is 11.1. The second-order valence-corrected chi connectivity index (χ2v) is 9.13. The normalized spacial score (nSPS) is 13.0. The van der Waals surface area contributed by atoms with Crippen LogP contribution in [0.5, 0.6) is 0 Å². The second kappa shape index (κ2) is 7.62. The summed E-state index contributed by atoms with van der Waals surface area (Å²) in [5, 5.41) is 0.764. The minimum Gasteiger partial charge on any atom is -0.268 e. The smallest absolute Gasteiger partial charge is 0.268 e. The van der Waals surface area contributed by atoms with E-state index in [1.54, 1.807) is 28.1 Å². The number of nitrogens with zero attached hydrogens (tertiary/aromatic N) is 2. The van der Waals surface area contributed by atoms with Gasteiger partial charge in [0.25, 0.3) is 5.56 Å². The van der Waals surface area contributed by atoms with Gasteiger partial charge < -0.3 is 0 Å². The molecule has 0 saturated carbocycles. The van der Waals surface area contributed by atoms with Gasteiger partial charge >= 0.3 is 0 Å². The zero-order valence-corrected chi connectivity index (χ0v) is 17.5. The van der Waals surface area contributed by atoms with E-state index in [1.807, 2.05) is 24.3 Å². The number of aryl methyl sites for hydroxylation is 2. The Balaban J connectivity index is 1.76. The van der Waals surface area contributed by atoms with Crippen molar-refractivity contribution in [1.29, 1.82) is 0 Å². The zero-order valence-electron chi connectivity index (χ0n) is 14.2. The lowest BCUT2D eigenvalue weighted by Gasteiger charge is -2.14. The molecular weight excluding hydrogens is 428 g/mol. The Morgan fingerprint density at radius 3 is 2.81 bits per heavy atom. The highest BCUT2D eigenvalue weighted by molar-refractivity contribution is 9.10. The third-order valence-corrected chi connectivity index (χ3v) is 6.85. The van der Waals surface area contributed by atoms with Gasteiger partial charge in [0.2, 0.25) is 0 Å². The van der Waals surface area contributed by atoms with Crippen LogP contribution in [0.2, 0.25) is 0 Å². The molecule has 132 valence electrons. The lowest BCUT2D eigenvalue weighted by Crippen LogP contribution is -2.23. The Hall–Kier alpha value is -1.50. The topological polar surface area (TPSA) is 34.9 Å². The molecule has 2 heterocycles. The van der Waals surface area contributed by atoms with Crippen LogP contribution in [0, 0.1) is 6.92 Å². The number of hydrogen-bond donors (Lipinski definition) is 0. The SMILES string of the molecule is Cc1cccc(CSc2nc3c(c(=O)n2-c2ccc(Br)cc2)SCC3)c1. The predicted molar refractivity (Wildman–Crippen MR) is 113 cm³/mol. The minimum absolute atomic E-state index is 0.0477. The van der Waals surface area contributed by atoms with Gasteiger partial charge in [0.15, 0.2) is 5.16 Å². The number of fused-ring (bicyclic) bond motifs is 1. The molecule has 3 nitrogen and oxygen atoms in total. The summed E-state index contributed by atoms with van der Waals surface area (Å²) in [6.45, 7) is 2.09. The van der Waals surface area contributed by atoms with E-state index in [0.29, 0.717) is 0 Å². The number of aromatic nitrogens is 2. The highest BCUT2D eigenvalue weighted by Gasteiger charge is 2.22. The van der Waals surface area contributed by atoms with Gasteiger partial charge in [-0.1, -0.05) is 57.5 Å². The molecule has 2 aromatic carbocycles. The number of benzene rings is 2. The summed E-state index contributed by atoms with van der Waals surface area (Å²) in [6, 6.07) is 16.3. The van der Waals surface area contributed by atoms with Crippen molar-refractivity contribution in [3.05, 3.63) is 80.2 Å². The van der Waals surface area contributed by atoms with Crippen LogP contribution in [0.1, 0.15) is 16.8 Å². The van der Waals surface area contributed by atoms with Gasteiger partial charge in [0.05, 0.1) is 16.3 Å². The molecule has 0 unspecified atom stereocenters. The van der Waals surface area contributed by atoms with Crippen LogP contribution < -0.4 is 5.56 Å². The zero-order chi connectivity index (χ0) is 18.1. The van der Waals surface area contributed by atoms with E-state index in [0.717, 1.165) is 43.8 Å². The van der Waals surface area contributed by atoms with Crippen molar-refractivity contribution >= 4 is 39.5 Å². The molecule has 0 atom stereocenters. The van der Waals surface area contributed by atoms with E-state index in [9.17, 15) is 4.79 Å².